The molecule has 6 nitrogen and oxygen atoms in total. The molecule has 0 bridgehead atoms. The molecule has 1 heterocycles. The first-order chi connectivity index (χ1) is 14.3. The van der Waals surface area contributed by atoms with Crippen molar-refractivity contribution < 1.29 is 15.3 Å². The summed E-state index contributed by atoms with van der Waals surface area (Å²) in [6.07, 6.45) is 0.0678. The van der Waals surface area contributed by atoms with Gasteiger partial charge in [-0.2, -0.15) is 5.10 Å². The number of aromatic hydroxyl groups is 1. The highest BCUT2D eigenvalue weighted by Gasteiger charge is 2.54. The molecule has 1 aromatic heterocycles. The summed E-state index contributed by atoms with van der Waals surface area (Å²) >= 11 is 0. The number of aliphatic hydroxyl groups is 2. The molecular weight excluding hydrogens is 378 g/mol. The number of benzene rings is 1. The van der Waals surface area contributed by atoms with Crippen LogP contribution < -0.4 is 0 Å². The van der Waals surface area contributed by atoms with Crippen molar-refractivity contribution in [2.24, 2.45) is 11.8 Å². The molecule has 0 radical (unpaired) electrons. The van der Waals surface area contributed by atoms with Gasteiger partial charge in [-0.25, -0.2) is 4.68 Å². The van der Waals surface area contributed by atoms with E-state index in [0.29, 0.717) is 23.8 Å². The zero-order chi connectivity index (χ0) is 22.0. The molecule has 1 aromatic carbocycles. The second-order valence-electron chi connectivity index (χ2n) is 9.42. The third-order valence-corrected chi connectivity index (χ3v) is 5.85. The highest BCUT2D eigenvalue weighted by molar-refractivity contribution is 5.45. The average molecular weight is 416 g/mol. The van der Waals surface area contributed by atoms with Crippen LogP contribution in [0.4, 0.5) is 0 Å². The lowest BCUT2D eigenvalue weighted by molar-refractivity contribution is -0.140. The molecular formula is C24H37N3O3. The molecule has 6 heteroatoms. The molecule has 166 valence electrons. The van der Waals surface area contributed by atoms with Crippen molar-refractivity contribution in [1.29, 1.82) is 0 Å². The minimum Gasteiger partial charge on any atom is -0.493 e. The van der Waals surface area contributed by atoms with Crippen molar-refractivity contribution in [3.05, 3.63) is 41.6 Å². The van der Waals surface area contributed by atoms with E-state index >= 15 is 0 Å². The van der Waals surface area contributed by atoms with Gasteiger partial charge < -0.3 is 15.3 Å². The normalized spacial score (nSPS) is 24.1. The summed E-state index contributed by atoms with van der Waals surface area (Å²) in [5, 5.41) is 37.9. The zero-order valence-corrected chi connectivity index (χ0v) is 18.9. The predicted molar refractivity (Wildman–Crippen MR) is 119 cm³/mol. The van der Waals surface area contributed by atoms with E-state index < -0.39 is 18.1 Å². The van der Waals surface area contributed by atoms with Gasteiger partial charge in [-0.15, -0.1) is 0 Å². The molecule has 1 aliphatic carbocycles. The van der Waals surface area contributed by atoms with Crippen molar-refractivity contribution in [3.8, 4) is 11.6 Å². The molecule has 2 aromatic rings. The highest BCUT2D eigenvalue weighted by atomic mass is 16.3. The van der Waals surface area contributed by atoms with Crippen molar-refractivity contribution in [2.45, 2.75) is 71.6 Å². The van der Waals surface area contributed by atoms with Gasteiger partial charge >= 0.3 is 0 Å². The fraction of sp³-hybridized carbons (Fsp3) is 0.625. The molecule has 0 amide bonds. The summed E-state index contributed by atoms with van der Waals surface area (Å²) in [5.74, 6) is 0.362. The monoisotopic (exact) mass is 415 g/mol. The van der Waals surface area contributed by atoms with E-state index in [9.17, 15) is 15.3 Å². The molecule has 2 atom stereocenters. The standard InChI is InChI=1S/C24H37N3O3/c1-6-10-18-19(24(30)27(25-18)17-11-8-7-9-12-17)20-22(28)21(23(20)29)26(13-15(2)3)14-16(4)5/h7-9,11-12,15-16,20-23,28-30H,6,10,13-14H2,1-5H3. The van der Waals surface area contributed by atoms with Gasteiger partial charge in [0.05, 0.1) is 29.6 Å². The van der Waals surface area contributed by atoms with E-state index in [1.165, 1.54) is 4.68 Å². The van der Waals surface area contributed by atoms with E-state index in [1.54, 1.807) is 0 Å². The predicted octanol–water partition coefficient (Wildman–Crippen LogP) is 3.33. The quantitative estimate of drug-likeness (QED) is 0.585. The van der Waals surface area contributed by atoms with E-state index in [2.05, 4.69) is 44.6 Å². The third kappa shape index (κ3) is 4.41. The topological polar surface area (TPSA) is 81.8 Å². The molecule has 3 rings (SSSR count). The molecule has 1 saturated carbocycles. The Hall–Kier alpha value is -1.89. The summed E-state index contributed by atoms with van der Waals surface area (Å²) < 4.78 is 1.52. The first kappa shape index (κ1) is 22.8. The van der Waals surface area contributed by atoms with Crippen LogP contribution in [0.15, 0.2) is 30.3 Å². The number of aromatic nitrogens is 2. The second-order valence-corrected chi connectivity index (χ2v) is 9.42. The van der Waals surface area contributed by atoms with Crippen LogP contribution >= 0.6 is 0 Å². The van der Waals surface area contributed by atoms with E-state index in [1.807, 2.05) is 30.3 Å². The highest BCUT2D eigenvalue weighted by Crippen LogP contribution is 2.46. The number of aliphatic hydroxyl groups excluding tert-OH is 2. The Morgan fingerprint density at radius 1 is 1.00 bits per heavy atom. The Labute approximate surface area is 180 Å². The van der Waals surface area contributed by atoms with Gasteiger partial charge in [0.25, 0.3) is 0 Å². The van der Waals surface area contributed by atoms with E-state index in [0.717, 1.165) is 30.9 Å². The van der Waals surface area contributed by atoms with Crippen molar-refractivity contribution >= 4 is 0 Å². The van der Waals surface area contributed by atoms with E-state index in [-0.39, 0.29) is 11.9 Å². The minimum absolute atomic E-state index is 0.0190. The SMILES string of the molecule is CCCc1nn(-c2ccccc2)c(O)c1C1C(O)C(N(CC(C)C)CC(C)C)C1O. The molecule has 1 aliphatic rings. The Balaban J connectivity index is 1.93. The largest absolute Gasteiger partial charge is 0.493 e. The van der Waals surface area contributed by atoms with Gasteiger partial charge in [0.15, 0.2) is 0 Å². The van der Waals surface area contributed by atoms with Crippen LogP contribution in [-0.4, -0.2) is 61.3 Å². The van der Waals surface area contributed by atoms with Gasteiger partial charge in [-0.1, -0.05) is 59.2 Å². The Morgan fingerprint density at radius 3 is 2.07 bits per heavy atom. The van der Waals surface area contributed by atoms with Gasteiger partial charge in [-0.05, 0) is 30.4 Å². The number of aryl methyl sites for hydroxylation is 1. The molecule has 3 N–H and O–H groups in total. The number of hydrogen-bond donors (Lipinski definition) is 3. The molecule has 0 spiro atoms. The fourth-order valence-electron chi connectivity index (χ4n) is 4.69. The maximum absolute atomic E-state index is 11.1. The summed E-state index contributed by atoms with van der Waals surface area (Å²) in [6, 6.07) is 9.16. The molecule has 0 aliphatic heterocycles. The van der Waals surface area contributed by atoms with Gasteiger partial charge in [0, 0.05) is 24.6 Å². The lowest BCUT2D eigenvalue weighted by Crippen LogP contribution is -2.66. The summed E-state index contributed by atoms with van der Waals surface area (Å²) in [6.45, 7) is 12.3. The number of nitrogens with zero attached hydrogens (tertiary/aromatic N) is 3. The minimum atomic E-state index is -0.743. The van der Waals surface area contributed by atoms with Crippen molar-refractivity contribution in [3.63, 3.8) is 0 Å². The first-order valence-corrected chi connectivity index (χ1v) is 11.2. The summed E-state index contributed by atoms with van der Waals surface area (Å²) in [5.41, 5.74) is 2.10. The van der Waals surface area contributed by atoms with Crippen LogP contribution in [0.3, 0.4) is 0 Å². The number of para-hydroxylation sites is 1. The van der Waals surface area contributed by atoms with Crippen molar-refractivity contribution in [2.75, 3.05) is 13.1 Å². The van der Waals surface area contributed by atoms with Crippen LogP contribution in [0, 0.1) is 11.8 Å². The summed E-state index contributed by atoms with van der Waals surface area (Å²) in [4.78, 5) is 2.21. The maximum Gasteiger partial charge on any atom is 0.218 e. The van der Waals surface area contributed by atoms with Gasteiger partial charge in [-0.3, -0.25) is 4.90 Å². The molecule has 2 unspecified atom stereocenters. The second kappa shape index (κ2) is 9.50. The molecule has 30 heavy (non-hydrogen) atoms. The van der Waals surface area contributed by atoms with E-state index in [4.69, 9.17) is 0 Å². The Morgan fingerprint density at radius 2 is 1.57 bits per heavy atom. The smallest absolute Gasteiger partial charge is 0.218 e. The lowest BCUT2D eigenvalue weighted by Gasteiger charge is -2.52. The first-order valence-electron chi connectivity index (χ1n) is 11.2. The third-order valence-electron chi connectivity index (χ3n) is 5.85. The van der Waals surface area contributed by atoms with Crippen LogP contribution in [0.5, 0.6) is 5.88 Å². The number of rotatable bonds is 9. The Bertz CT molecular complexity index is 799. The van der Waals surface area contributed by atoms with Crippen LogP contribution in [0.1, 0.15) is 58.2 Å². The maximum atomic E-state index is 11.1. The van der Waals surface area contributed by atoms with Crippen LogP contribution in [0.2, 0.25) is 0 Å². The zero-order valence-electron chi connectivity index (χ0n) is 18.9. The number of hydrogen-bond acceptors (Lipinski definition) is 5. The van der Waals surface area contributed by atoms with Crippen LogP contribution in [0.25, 0.3) is 5.69 Å². The van der Waals surface area contributed by atoms with Gasteiger partial charge in [0.1, 0.15) is 0 Å². The van der Waals surface area contributed by atoms with Crippen molar-refractivity contribution in [1.82, 2.24) is 14.7 Å². The lowest BCUT2D eigenvalue weighted by atomic mass is 9.68. The fourth-order valence-corrected chi connectivity index (χ4v) is 4.69. The van der Waals surface area contributed by atoms with Gasteiger partial charge in [0.2, 0.25) is 5.88 Å². The Kier molecular flexibility index (Phi) is 7.22. The van der Waals surface area contributed by atoms with Crippen LogP contribution in [-0.2, 0) is 6.42 Å². The molecule has 1 fully saturated rings. The summed E-state index contributed by atoms with van der Waals surface area (Å²) in [7, 11) is 0. The molecule has 0 saturated heterocycles. The average Bonchev–Trinajstić information content (AvgIpc) is 2.98.